The zero-order chi connectivity index (χ0) is 18.5. The Morgan fingerprint density at radius 3 is 3.04 bits per heavy atom. The van der Waals surface area contributed by atoms with E-state index >= 15 is 0 Å². The summed E-state index contributed by atoms with van der Waals surface area (Å²) in [7, 11) is 3.34. The summed E-state index contributed by atoms with van der Waals surface area (Å²) in [6.07, 6.45) is 2.73. The molecular weight excluding hydrogens is 332 g/mol. The van der Waals surface area contributed by atoms with Crippen molar-refractivity contribution in [3.05, 3.63) is 35.4 Å². The van der Waals surface area contributed by atoms with E-state index in [-0.39, 0.29) is 11.8 Å². The lowest BCUT2D eigenvalue weighted by Crippen LogP contribution is -2.46. The van der Waals surface area contributed by atoms with Gasteiger partial charge in [0.05, 0.1) is 13.7 Å². The molecule has 0 fully saturated rings. The molecule has 0 spiro atoms. The molecule has 0 aliphatic carbocycles. The van der Waals surface area contributed by atoms with Crippen molar-refractivity contribution in [1.82, 2.24) is 25.4 Å². The summed E-state index contributed by atoms with van der Waals surface area (Å²) in [4.78, 5) is 8.83. The van der Waals surface area contributed by atoms with Gasteiger partial charge in [0.15, 0.2) is 11.8 Å². The number of hydrogen-bond acceptors (Lipinski definition) is 5. The molecule has 3 rings (SSSR count). The van der Waals surface area contributed by atoms with E-state index in [0.717, 1.165) is 43.0 Å². The van der Waals surface area contributed by atoms with Gasteiger partial charge < -0.3 is 20.5 Å². The molecule has 1 aromatic heterocycles. The molecule has 3 N–H and O–H groups in total. The molecule has 1 atom stereocenters. The number of fused-ring (bicyclic) bond motifs is 1. The predicted molar refractivity (Wildman–Crippen MR) is 99.5 cm³/mol. The van der Waals surface area contributed by atoms with Gasteiger partial charge in [-0.05, 0) is 24.6 Å². The molecule has 140 valence electrons. The summed E-state index contributed by atoms with van der Waals surface area (Å²) >= 11 is 0. The van der Waals surface area contributed by atoms with Crippen molar-refractivity contribution in [1.29, 1.82) is 0 Å². The van der Waals surface area contributed by atoms with E-state index in [1.165, 1.54) is 0 Å². The molecule has 0 bridgehead atoms. The van der Waals surface area contributed by atoms with Crippen molar-refractivity contribution >= 4 is 5.96 Å². The molecule has 2 aromatic rings. The smallest absolute Gasteiger partial charge is 0.191 e. The summed E-state index contributed by atoms with van der Waals surface area (Å²) in [5.74, 6) is 3.59. The van der Waals surface area contributed by atoms with Gasteiger partial charge in [0.1, 0.15) is 17.3 Å². The number of methoxy groups -OCH3 is 1. The van der Waals surface area contributed by atoms with Gasteiger partial charge in [-0.25, -0.2) is 9.67 Å². The minimum atomic E-state index is 0.228. The van der Waals surface area contributed by atoms with Gasteiger partial charge in [-0.3, -0.25) is 4.99 Å². The van der Waals surface area contributed by atoms with Crippen molar-refractivity contribution in [2.24, 2.45) is 4.99 Å². The van der Waals surface area contributed by atoms with Crippen molar-refractivity contribution in [2.75, 3.05) is 14.2 Å². The number of nitrogens with zero attached hydrogens (tertiary/aromatic N) is 4. The van der Waals surface area contributed by atoms with Crippen LogP contribution in [0.4, 0.5) is 0 Å². The minimum absolute atomic E-state index is 0.228. The quantitative estimate of drug-likeness (QED) is 0.550. The Morgan fingerprint density at radius 1 is 1.46 bits per heavy atom. The van der Waals surface area contributed by atoms with Crippen LogP contribution < -0.4 is 15.4 Å². The molecule has 1 aliphatic heterocycles. The molecule has 0 saturated heterocycles. The second-order valence-electron chi connectivity index (χ2n) is 6.28. The summed E-state index contributed by atoms with van der Waals surface area (Å²) in [5.41, 5.74) is 0.752. The van der Waals surface area contributed by atoms with Gasteiger partial charge in [-0.1, -0.05) is 6.92 Å². The first-order chi connectivity index (χ1) is 12.6. The molecule has 26 heavy (non-hydrogen) atoms. The Bertz CT molecular complexity index is 786. The van der Waals surface area contributed by atoms with Crippen LogP contribution in [0.5, 0.6) is 11.5 Å². The van der Waals surface area contributed by atoms with Gasteiger partial charge >= 0.3 is 0 Å². The van der Waals surface area contributed by atoms with E-state index in [2.05, 4.69) is 32.6 Å². The number of benzene rings is 1. The van der Waals surface area contributed by atoms with Gasteiger partial charge in [0.2, 0.25) is 0 Å². The third-order valence-corrected chi connectivity index (χ3v) is 4.52. The number of aromatic hydroxyl groups is 1. The van der Waals surface area contributed by atoms with E-state index in [9.17, 15) is 5.11 Å². The van der Waals surface area contributed by atoms with E-state index in [0.29, 0.717) is 18.3 Å². The lowest BCUT2D eigenvalue weighted by molar-refractivity contribution is 0.391. The largest absolute Gasteiger partial charge is 0.508 e. The first kappa shape index (κ1) is 18.0. The number of aromatic nitrogens is 3. The van der Waals surface area contributed by atoms with Crippen molar-refractivity contribution in [3.8, 4) is 11.5 Å². The van der Waals surface area contributed by atoms with Gasteiger partial charge in [0, 0.05) is 38.0 Å². The maximum Gasteiger partial charge on any atom is 0.191 e. The monoisotopic (exact) mass is 358 g/mol. The van der Waals surface area contributed by atoms with E-state index < -0.39 is 0 Å². The Hall–Kier alpha value is -2.77. The minimum Gasteiger partial charge on any atom is -0.508 e. The Balaban J connectivity index is 1.59. The van der Waals surface area contributed by atoms with Crippen molar-refractivity contribution < 1.29 is 9.84 Å². The highest BCUT2D eigenvalue weighted by Gasteiger charge is 2.22. The summed E-state index contributed by atoms with van der Waals surface area (Å²) in [6, 6.07) is 5.40. The van der Waals surface area contributed by atoms with Crippen LogP contribution in [0.3, 0.4) is 0 Å². The highest BCUT2D eigenvalue weighted by Crippen LogP contribution is 2.22. The second kappa shape index (κ2) is 8.07. The number of rotatable bonds is 5. The van der Waals surface area contributed by atoms with Crippen molar-refractivity contribution in [2.45, 2.75) is 45.3 Å². The highest BCUT2D eigenvalue weighted by molar-refractivity contribution is 5.80. The zero-order valence-electron chi connectivity index (χ0n) is 15.5. The summed E-state index contributed by atoms with van der Waals surface area (Å²) in [6.45, 7) is 3.29. The van der Waals surface area contributed by atoms with Crippen LogP contribution in [0.25, 0.3) is 0 Å². The van der Waals surface area contributed by atoms with Crippen LogP contribution in [0.15, 0.2) is 23.2 Å². The number of nitrogens with one attached hydrogen (secondary N) is 2. The number of ether oxygens (including phenoxy) is 1. The lowest BCUT2D eigenvalue weighted by Gasteiger charge is -2.25. The number of aliphatic imine (C=N–C) groups is 1. The Kier molecular flexibility index (Phi) is 5.60. The normalized spacial score (nSPS) is 16.9. The van der Waals surface area contributed by atoms with Crippen molar-refractivity contribution in [3.63, 3.8) is 0 Å². The SMILES string of the molecule is CCc1nc2n(n1)CC(NC(=NC)NCc1cc(OC)ccc1O)CC2. The molecule has 0 saturated carbocycles. The maximum atomic E-state index is 10.00. The summed E-state index contributed by atoms with van der Waals surface area (Å²) < 4.78 is 7.20. The molecule has 0 radical (unpaired) electrons. The second-order valence-corrected chi connectivity index (χ2v) is 6.28. The molecule has 8 heteroatoms. The van der Waals surface area contributed by atoms with Gasteiger partial charge in [-0.2, -0.15) is 5.10 Å². The fraction of sp³-hybridized carbons (Fsp3) is 0.500. The van der Waals surface area contributed by atoms with Gasteiger partial charge in [-0.15, -0.1) is 0 Å². The van der Waals surface area contributed by atoms with Crippen LogP contribution >= 0.6 is 0 Å². The van der Waals surface area contributed by atoms with Gasteiger partial charge in [0.25, 0.3) is 0 Å². The average molecular weight is 358 g/mol. The van der Waals surface area contributed by atoms with Crippen LogP contribution in [0, 0.1) is 0 Å². The molecular formula is C18H26N6O2. The van der Waals surface area contributed by atoms with E-state index in [1.807, 2.05) is 10.7 Å². The molecule has 2 heterocycles. The first-order valence-electron chi connectivity index (χ1n) is 8.88. The molecule has 1 aromatic carbocycles. The molecule has 8 nitrogen and oxygen atoms in total. The summed E-state index contributed by atoms with van der Waals surface area (Å²) in [5, 5.41) is 21.2. The maximum absolute atomic E-state index is 10.00. The number of hydrogen-bond donors (Lipinski definition) is 3. The highest BCUT2D eigenvalue weighted by atomic mass is 16.5. The molecule has 1 aliphatic rings. The average Bonchev–Trinajstić information content (AvgIpc) is 3.08. The third kappa shape index (κ3) is 4.07. The fourth-order valence-corrected chi connectivity index (χ4v) is 3.03. The van der Waals surface area contributed by atoms with Crippen LogP contribution in [0.2, 0.25) is 0 Å². The van der Waals surface area contributed by atoms with E-state index in [1.54, 1.807) is 26.3 Å². The number of guanidine groups is 1. The Morgan fingerprint density at radius 2 is 2.31 bits per heavy atom. The van der Waals surface area contributed by atoms with Crippen LogP contribution in [-0.2, 0) is 25.9 Å². The van der Waals surface area contributed by atoms with Crippen LogP contribution in [-0.4, -0.2) is 46.0 Å². The zero-order valence-corrected chi connectivity index (χ0v) is 15.5. The Labute approximate surface area is 153 Å². The standard InChI is InChI=1S/C18H26N6O2/c1-4-16-22-17-8-5-13(11-24(17)23-16)21-18(19-2)20-10-12-9-14(26-3)6-7-15(12)25/h6-7,9,13,25H,4-5,8,10-11H2,1-3H3,(H2,19,20,21). The number of aryl methyl sites for hydroxylation is 2. The number of phenols is 1. The first-order valence-corrected chi connectivity index (χ1v) is 8.88. The lowest BCUT2D eigenvalue weighted by atomic mass is 10.1. The van der Waals surface area contributed by atoms with E-state index in [4.69, 9.17) is 4.74 Å². The molecule has 0 amide bonds. The fourth-order valence-electron chi connectivity index (χ4n) is 3.03. The number of phenolic OH excluding ortho intramolecular Hbond substituents is 1. The molecule has 1 unspecified atom stereocenters. The topological polar surface area (TPSA) is 96.6 Å². The van der Waals surface area contributed by atoms with Crippen LogP contribution in [0.1, 0.15) is 30.6 Å². The predicted octanol–water partition coefficient (Wildman–Crippen LogP) is 1.23. The third-order valence-electron chi connectivity index (χ3n) is 4.52.